The Labute approximate surface area is 114 Å². The fraction of sp³-hybridized carbons (Fsp3) is 0.143. The van der Waals surface area contributed by atoms with Crippen molar-refractivity contribution in [2.75, 3.05) is 5.32 Å². The molecule has 0 saturated carbocycles. The minimum Gasteiger partial charge on any atom is -0.355 e. The van der Waals surface area contributed by atoms with Crippen molar-refractivity contribution in [3.63, 3.8) is 0 Å². The van der Waals surface area contributed by atoms with Crippen LogP contribution in [0.1, 0.15) is 11.1 Å². The van der Waals surface area contributed by atoms with E-state index >= 15 is 0 Å². The van der Waals surface area contributed by atoms with E-state index in [2.05, 4.69) is 5.32 Å². The number of alkyl halides is 4. The van der Waals surface area contributed by atoms with Crippen LogP contribution < -0.4 is 5.32 Å². The van der Waals surface area contributed by atoms with Gasteiger partial charge in [-0.05, 0) is 23.8 Å². The van der Waals surface area contributed by atoms with E-state index in [0.29, 0.717) is 5.69 Å². The minimum atomic E-state index is -4.39. The van der Waals surface area contributed by atoms with Crippen molar-refractivity contribution < 1.29 is 13.2 Å². The summed E-state index contributed by atoms with van der Waals surface area (Å²) in [5.41, 5.74) is 0.655. The fourth-order valence-electron chi connectivity index (χ4n) is 1.74. The van der Waals surface area contributed by atoms with Crippen molar-refractivity contribution >= 4 is 23.0 Å². The van der Waals surface area contributed by atoms with Crippen LogP contribution in [0.15, 0.2) is 48.5 Å². The number of para-hydroxylation sites is 2. The van der Waals surface area contributed by atoms with Crippen molar-refractivity contribution in [3.05, 3.63) is 59.7 Å². The second kappa shape index (κ2) is 5.53. The summed E-state index contributed by atoms with van der Waals surface area (Å²) in [6.45, 7) is 0. The predicted octanol–water partition coefficient (Wildman–Crippen LogP) is 5.19. The van der Waals surface area contributed by atoms with Gasteiger partial charge in [-0.15, -0.1) is 11.6 Å². The maximum Gasteiger partial charge on any atom is 0.418 e. The molecule has 0 aliphatic carbocycles. The van der Waals surface area contributed by atoms with Gasteiger partial charge < -0.3 is 5.32 Å². The van der Waals surface area contributed by atoms with Crippen LogP contribution in [0, 0.1) is 0 Å². The average Bonchev–Trinajstić information content (AvgIpc) is 2.39. The summed E-state index contributed by atoms with van der Waals surface area (Å²) in [7, 11) is 0. The van der Waals surface area contributed by atoms with E-state index in [1.807, 2.05) is 0 Å². The van der Waals surface area contributed by atoms with Crippen LogP contribution in [-0.4, -0.2) is 0 Å². The van der Waals surface area contributed by atoms with Gasteiger partial charge in [0.2, 0.25) is 0 Å². The van der Waals surface area contributed by atoms with E-state index in [-0.39, 0.29) is 11.6 Å². The van der Waals surface area contributed by atoms with Crippen LogP contribution in [0.2, 0.25) is 0 Å². The highest BCUT2D eigenvalue weighted by Crippen LogP contribution is 2.36. The summed E-state index contributed by atoms with van der Waals surface area (Å²) in [6.07, 6.45) is -4.39. The Morgan fingerprint density at radius 1 is 0.895 bits per heavy atom. The van der Waals surface area contributed by atoms with E-state index in [0.717, 1.165) is 11.6 Å². The lowest BCUT2D eigenvalue weighted by atomic mass is 10.1. The second-order valence-electron chi connectivity index (χ2n) is 3.96. The molecule has 0 heterocycles. The Bertz CT molecular complexity index is 567. The van der Waals surface area contributed by atoms with Gasteiger partial charge >= 0.3 is 6.18 Å². The lowest BCUT2D eigenvalue weighted by Crippen LogP contribution is -2.09. The van der Waals surface area contributed by atoms with Crippen molar-refractivity contribution in [2.24, 2.45) is 0 Å². The van der Waals surface area contributed by atoms with Gasteiger partial charge in [-0.3, -0.25) is 0 Å². The van der Waals surface area contributed by atoms with E-state index < -0.39 is 11.7 Å². The maximum absolute atomic E-state index is 12.9. The number of benzene rings is 2. The minimum absolute atomic E-state index is 0.0209. The van der Waals surface area contributed by atoms with Gasteiger partial charge in [0.05, 0.1) is 11.3 Å². The summed E-state index contributed by atoms with van der Waals surface area (Å²) < 4.78 is 38.6. The van der Waals surface area contributed by atoms with Gasteiger partial charge in [0, 0.05) is 11.6 Å². The first-order valence-electron chi connectivity index (χ1n) is 5.59. The third kappa shape index (κ3) is 3.20. The molecule has 0 aliphatic heterocycles. The highest BCUT2D eigenvalue weighted by atomic mass is 35.5. The zero-order valence-electron chi connectivity index (χ0n) is 9.84. The van der Waals surface area contributed by atoms with Crippen LogP contribution >= 0.6 is 11.6 Å². The first kappa shape index (κ1) is 13.7. The zero-order chi connectivity index (χ0) is 13.9. The first-order chi connectivity index (χ1) is 9.02. The molecular weight excluding hydrogens is 275 g/mol. The van der Waals surface area contributed by atoms with E-state index in [9.17, 15) is 13.2 Å². The first-order valence-corrected chi connectivity index (χ1v) is 6.13. The van der Waals surface area contributed by atoms with Gasteiger partial charge in [-0.1, -0.05) is 30.3 Å². The predicted molar refractivity (Wildman–Crippen MR) is 70.7 cm³/mol. The van der Waals surface area contributed by atoms with Crippen molar-refractivity contribution in [3.8, 4) is 0 Å². The van der Waals surface area contributed by atoms with Crippen LogP contribution in [0.4, 0.5) is 24.5 Å². The number of rotatable bonds is 3. The molecule has 0 bridgehead atoms. The van der Waals surface area contributed by atoms with Crippen LogP contribution in [0.3, 0.4) is 0 Å². The molecule has 0 saturated heterocycles. The van der Waals surface area contributed by atoms with E-state index in [4.69, 9.17) is 11.6 Å². The summed E-state index contributed by atoms with van der Waals surface area (Å²) in [6, 6.07) is 12.4. The summed E-state index contributed by atoms with van der Waals surface area (Å²) in [5.74, 6) is 0.233. The Kier molecular flexibility index (Phi) is 4.00. The Hall–Kier alpha value is -1.68. The molecule has 0 atom stereocenters. The quantitative estimate of drug-likeness (QED) is 0.766. The molecule has 0 radical (unpaired) electrons. The number of anilines is 2. The molecule has 0 fully saturated rings. The van der Waals surface area contributed by atoms with Crippen LogP contribution in [0.5, 0.6) is 0 Å². The topological polar surface area (TPSA) is 12.0 Å². The Balaban J connectivity index is 2.39. The molecule has 2 aromatic carbocycles. The number of nitrogens with one attached hydrogen (secondary N) is 1. The van der Waals surface area contributed by atoms with Gasteiger partial charge in [-0.2, -0.15) is 13.2 Å². The molecule has 0 aliphatic rings. The van der Waals surface area contributed by atoms with Gasteiger partial charge in [0.25, 0.3) is 0 Å². The molecule has 1 nitrogen and oxygen atoms in total. The van der Waals surface area contributed by atoms with Gasteiger partial charge in [0.15, 0.2) is 0 Å². The lowest BCUT2D eigenvalue weighted by molar-refractivity contribution is -0.136. The summed E-state index contributed by atoms with van der Waals surface area (Å²) in [4.78, 5) is 0. The van der Waals surface area contributed by atoms with Crippen molar-refractivity contribution in [2.45, 2.75) is 12.1 Å². The summed E-state index contributed by atoms with van der Waals surface area (Å²) in [5, 5.41) is 2.79. The smallest absolute Gasteiger partial charge is 0.355 e. The van der Waals surface area contributed by atoms with E-state index in [1.54, 1.807) is 30.3 Å². The second-order valence-corrected chi connectivity index (χ2v) is 4.23. The molecule has 2 aromatic rings. The Morgan fingerprint density at radius 2 is 1.47 bits per heavy atom. The standard InChI is InChI=1S/C14H11ClF3N/c15-9-10-5-1-3-7-12(10)19-13-8-4-2-6-11(13)14(16,17)18/h1-8,19H,9H2. The summed E-state index contributed by atoms with van der Waals surface area (Å²) >= 11 is 5.77. The SMILES string of the molecule is FC(F)(F)c1ccccc1Nc1ccccc1CCl. The fourth-order valence-corrected chi connectivity index (χ4v) is 1.98. The number of hydrogen-bond acceptors (Lipinski definition) is 1. The molecule has 100 valence electrons. The largest absolute Gasteiger partial charge is 0.418 e. The zero-order valence-corrected chi connectivity index (χ0v) is 10.6. The highest BCUT2D eigenvalue weighted by Gasteiger charge is 2.33. The molecule has 0 unspecified atom stereocenters. The third-order valence-corrected chi connectivity index (χ3v) is 2.95. The molecule has 2 rings (SSSR count). The van der Waals surface area contributed by atoms with Gasteiger partial charge in [0.1, 0.15) is 0 Å². The molecule has 0 spiro atoms. The van der Waals surface area contributed by atoms with Crippen molar-refractivity contribution in [1.82, 2.24) is 0 Å². The molecule has 19 heavy (non-hydrogen) atoms. The number of halogens is 4. The molecule has 5 heteroatoms. The Morgan fingerprint density at radius 3 is 2.11 bits per heavy atom. The maximum atomic E-state index is 12.9. The van der Waals surface area contributed by atoms with Crippen LogP contribution in [0.25, 0.3) is 0 Å². The third-order valence-electron chi connectivity index (χ3n) is 2.66. The molecule has 0 amide bonds. The monoisotopic (exact) mass is 285 g/mol. The molecule has 0 aromatic heterocycles. The average molecular weight is 286 g/mol. The number of hydrogen-bond donors (Lipinski definition) is 1. The molecular formula is C14H11ClF3N. The van der Waals surface area contributed by atoms with Crippen molar-refractivity contribution in [1.29, 1.82) is 0 Å². The lowest BCUT2D eigenvalue weighted by Gasteiger charge is -2.16. The normalized spacial score (nSPS) is 11.4. The van der Waals surface area contributed by atoms with E-state index in [1.165, 1.54) is 12.1 Å². The highest BCUT2D eigenvalue weighted by molar-refractivity contribution is 6.17. The van der Waals surface area contributed by atoms with Crippen LogP contribution in [-0.2, 0) is 12.1 Å². The molecule has 1 N–H and O–H groups in total. The van der Waals surface area contributed by atoms with Gasteiger partial charge in [-0.25, -0.2) is 0 Å².